The molecule has 0 unspecified atom stereocenters. The molecule has 0 heterocycles. The van der Waals surface area contributed by atoms with E-state index in [2.05, 4.69) is 61.5 Å². The van der Waals surface area contributed by atoms with Gasteiger partial charge in [-0.05, 0) is 115 Å². The molecule has 3 saturated carbocycles. The summed E-state index contributed by atoms with van der Waals surface area (Å²) in [6.45, 7) is 19.4. The van der Waals surface area contributed by atoms with E-state index in [4.69, 9.17) is 16.4 Å². The Morgan fingerprint density at radius 2 is 1.81 bits per heavy atom. The SMILES string of the molecule is CC(C)CCC[C@@H](C)[C@H]1CC[C@H]2[C@@H]3CC=C4C[C@@H](ON(CC(C)(C)C)C(=O)Cl)CC[C@]4(C)[C@H]3CC[C@]12C. The lowest BCUT2D eigenvalue weighted by atomic mass is 9.47. The highest BCUT2D eigenvalue weighted by Crippen LogP contribution is 2.67. The number of halogens is 1. The Hall–Kier alpha value is -0.540. The van der Waals surface area contributed by atoms with E-state index in [1.54, 1.807) is 5.57 Å². The minimum absolute atomic E-state index is 0.0507. The molecular formula is C33H56ClNO2. The summed E-state index contributed by atoms with van der Waals surface area (Å²) in [6.07, 6.45) is 16.9. The molecule has 0 bridgehead atoms. The number of nitrogens with zero attached hydrogens (tertiary/aromatic N) is 1. The quantitative estimate of drug-likeness (QED) is 0.134. The van der Waals surface area contributed by atoms with Gasteiger partial charge >= 0.3 is 5.37 Å². The summed E-state index contributed by atoms with van der Waals surface area (Å²) in [6, 6.07) is 0. The molecule has 4 aliphatic rings. The zero-order valence-electron chi connectivity index (χ0n) is 25.2. The van der Waals surface area contributed by atoms with Crippen LogP contribution in [0.5, 0.6) is 0 Å². The molecule has 4 aliphatic carbocycles. The molecule has 0 radical (unpaired) electrons. The second-order valence-corrected chi connectivity index (χ2v) is 15.9. The Balaban J connectivity index is 1.43. The zero-order chi connectivity index (χ0) is 27.2. The summed E-state index contributed by atoms with van der Waals surface area (Å²) in [5, 5.41) is 0.912. The van der Waals surface area contributed by atoms with Crippen LogP contribution in [0.4, 0.5) is 4.79 Å². The standard InChI is InChI=1S/C33H56ClNO2/c1-22(2)10-9-11-23(3)27-14-15-28-26-13-12-24-20-25(37-35(30(34)36)21-31(4,5)6)16-18-32(24,7)29(26)17-19-33(27,28)8/h12,22-23,25-29H,9-11,13-21H2,1-8H3/t23-,25+,26+,27-,28+,29+,32+,33-/m1/s1. The zero-order valence-corrected chi connectivity index (χ0v) is 26.0. The van der Waals surface area contributed by atoms with Crippen molar-refractivity contribution in [2.24, 2.45) is 51.8 Å². The molecule has 4 heteroatoms. The molecule has 0 spiro atoms. The lowest BCUT2D eigenvalue weighted by molar-refractivity contribution is -0.177. The van der Waals surface area contributed by atoms with E-state index in [-0.39, 0.29) is 11.5 Å². The van der Waals surface area contributed by atoms with Crippen molar-refractivity contribution in [3.05, 3.63) is 11.6 Å². The largest absolute Gasteiger partial charge is 0.340 e. The van der Waals surface area contributed by atoms with Crippen molar-refractivity contribution < 1.29 is 9.63 Å². The van der Waals surface area contributed by atoms with Gasteiger partial charge in [0.2, 0.25) is 0 Å². The van der Waals surface area contributed by atoms with Crippen molar-refractivity contribution in [3.63, 3.8) is 0 Å². The van der Waals surface area contributed by atoms with Crippen molar-refractivity contribution in [2.45, 2.75) is 132 Å². The number of carbonyl (C=O) groups is 1. The maximum atomic E-state index is 12.1. The molecule has 1 amide bonds. The van der Waals surface area contributed by atoms with Crippen LogP contribution in [-0.2, 0) is 4.84 Å². The van der Waals surface area contributed by atoms with Gasteiger partial charge in [-0.3, -0.25) is 9.63 Å². The molecule has 0 aromatic heterocycles. The highest BCUT2D eigenvalue weighted by atomic mass is 35.5. The fourth-order valence-electron chi connectivity index (χ4n) is 9.49. The third kappa shape index (κ3) is 6.13. The van der Waals surface area contributed by atoms with Gasteiger partial charge in [-0.1, -0.05) is 86.3 Å². The Morgan fingerprint density at radius 1 is 1.08 bits per heavy atom. The van der Waals surface area contributed by atoms with Crippen LogP contribution in [0.2, 0.25) is 0 Å². The summed E-state index contributed by atoms with van der Waals surface area (Å²) >= 11 is 5.91. The van der Waals surface area contributed by atoms with Gasteiger partial charge in [-0.2, -0.15) is 0 Å². The second kappa shape index (κ2) is 11.1. The number of carbonyl (C=O) groups excluding carboxylic acids is 1. The molecule has 0 aliphatic heterocycles. The Morgan fingerprint density at radius 3 is 2.46 bits per heavy atom. The van der Waals surface area contributed by atoms with E-state index < -0.39 is 5.37 Å². The molecule has 0 saturated heterocycles. The van der Waals surface area contributed by atoms with Gasteiger partial charge < -0.3 is 0 Å². The first kappa shape index (κ1) is 29.4. The van der Waals surface area contributed by atoms with Crippen molar-refractivity contribution >= 4 is 17.0 Å². The number of hydroxylamine groups is 2. The molecular weight excluding hydrogens is 478 g/mol. The number of rotatable bonds is 8. The topological polar surface area (TPSA) is 29.5 Å². The Labute approximate surface area is 233 Å². The van der Waals surface area contributed by atoms with Crippen LogP contribution in [0.1, 0.15) is 126 Å². The minimum Gasteiger partial charge on any atom is -0.266 e. The maximum Gasteiger partial charge on any atom is 0.340 e. The summed E-state index contributed by atoms with van der Waals surface area (Å²) in [5.41, 5.74) is 2.38. The van der Waals surface area contributed by atoms with Gasteiger partial charge in [0, 0.05) is 0 Å². The predicted octanol–water partition coefficient (Wildman–Crippen LogP) is 10.0. The molecule has 0 aromatic carbocycles. The number of fused-ring (bicyclic) bond motifs is 5. The fourth-order valence-corrected chi connectivity index (χ4v) is 9.59. The summed E-state index contributed by atoms with van der Waals surface area (Å²) in [4.78, 5) is 18.3. The third-order valence-electron chi connectivity index (χ3n) is 11.4. The van der Waals surface area contributed by atoms with Crippen LogP contribution in [0.15, 0.2) is 11.6 Å². The van der Waals surface area contributed by atoms with Crippen LogP contribution < -0.4 is 0 Å². The van der Waals surface area contributed by atoms with Crippen molar-refractivity contribution in [1.29, 1.82) is 0 Å². The molecule has 3 fully saturated rings. The van der Waals surface area contributed by atoms with E-state index in [0.29, 0.717) is 17.4 Å². The average molecular weight is 534 g/mol. The minimum atomic E-state index is -0.498. The van der Waals surface area contributed by atoms with Crippen LogP contribution in [0.3, 0.4) is 0 Å². The summed E-state index contributed by atoms with van der Waals surface area (Å²) in [7, 11) is 0. The molecule has 37 heavy (non-hydrogen) atoms. The number of amides is 1. The molecule has 3 nitrogen and oxygen atoms in total. The van der Waals surface area contributed by atoms with Gasteiger partial charge in [0.15, 0.2) is 0 Å². The summed E-state index contributed by atoms with van der Waals surface area (Å²) in [5.74, 6) is 5.15. The first-order valence-corrected chi connectivity index (χ1v) is 16.0. The number of hydrogen-bond acceptors (Lipinski definition) is 2. The normalized spacial score (nSPS) is 38.4. The Kier molecular flexibility index (Phi) is 8.87. The van der Waals surface area contributed by atoms with Crippen molar-refractivity contribution in [2.75, 3.05) is 6.54 Å². The highest BCUT2D eigenvalue weighted by Gasteiger charge is 2.59. The highest BCUT2D eigenvalue weighted by molar-refractivity contribution is 6.62. The molecule has 8 atom stereocenters. The second-order valence-electron chi connectivity index (χ2n) is 15.6. The van der Waals surface area contributed by atoms with E-state index >= 15 is 0 Å². The van der Waals surface area contributed by atoms with E-state index in [1.165, 1.54) is 62.9 Å². The van der Waals surface area contributed by atoms with Crippen LogP contribution in [-0.4, -0.2) is 23.1 Å². The lowest BCUT2D eigenvalue weighted by Crippen LogP contribution is -2.51. The molecule has 212 valence electrons. The molecule has 4 rings (SSSR count). The smallest absolute Gasteiger partial charge is 0.266 e. The number of hydrogen-bond donors (Lipinski definition) is 0. The monoisotopic (exact) mass is 533 g/mol. The van der Waals surface area contributed by atoms with Crippen LogP contribution >= 0.6 is 11.6 Å². The maximum absolute atomic E-state index is 12.1. The first-order chi connectivity index (χ1) is 17.2. The van der Waals surface area contributed by atoms with Gasteiger partial charge in [-0.15, -0.1) is 0 Å². The predicted molar refractivity (Wildman–Crippen MR) is 155 cm³/mol. The fraction of sp³-hybridized carbons (Fsp3) is 0.909. The van der Waals surface area contributed by atoms with Gasteiger partial charge in [0.25, 0.3) is 0 Å². The van der Waals surface area contributed by atoms with Gasteiger partial charge in [0.05, 0.1) is 12.6 Å². The third-order valence-corrected chi connectivity index (χ3v) is 11.5. The molecule has 0 N–H and O–H groups in total. The van der Waals surface area contributed by atoms with Crippen molar-refractivity contribution in [3.8, 4) is 0 Å². The van der Waals surface area contributed by atoms with Crippen LogP contribution in [0, 0.1) is 51.8 Å². The summed E-state index contributed by atoms with van der Waals surface area (Å²) < 4.78 is 0. The lowest BCUT2D eigenvalue weighted by Gasteiger charge is -2.58. The molecule has 0 aromatic rings. The number of allylic oxidation sites excluding steroid dienone is 1. The van der Waals surface area contributed by atoms with E-state index in [1.807, 2.05) is 0 Å². The van der Waals surface area contributed by atoms with Gasteiger partial charge in [-0.25, -0.2) is 5.06 Å². The van der Waals surface area contributed by atoms with E-state index in [9.17, 15) is 4.79 Å². The van der Waals surface area contributed by atoms with Crippen molar-refractivity contribution in [1.82, 2.24) is 5.06 Å². The Bertz CT molecular complexity index is 846. The van der Waals surface area contributed by atoms with Crippen LogP contribution in [0.25, 0.3) is 0 Å². The van der Waals surface area contributed by atoms with E-state index in [0.717, 1.165) is 48.3 Å². The van der Waals surface area contributed by atoms with Gasteiger partial charge in [0.1, 0.15) is 0 Å². The average Bonchev–Trinajstić information content (AvgIpc) is 3.15. The first-order valence-electron chi connectivity index (χ1n) is 15.6.